The molecule has 3 rings (SSSR count). The lowest BCUT2D eigenvalue weighted by atomic mass is 10.1. The zero-order chi connectivity index (χ0) is 17.5. The maximum atomic E-state index is 10.2. The number of fused-ring (bicyclic) bond motifs is 1. The molecule has 11 nitrogen and oxygen atoms in total. The van der Waals surface area contributed by atoms with Crippen molar-refractivity contribution in [3.8, 4) is 0 Å². The van der Waals surface area contributed by atoms with E-state index in [1.54, 1.807) is 0 Å². The second-order valence-corrected chi connectivity index (χ2v) is 6.79. The highest BCUT2D eigenvalue weighted by molar-refractivity contribution is 7.58. The molecule has 2 unspecified atom stereocenters. The minimum Gasteiger partial charge on any atom is -0.387 e. The van der Waals surface area contributed by atoms with Crippen LogP contribution in [0.3, 0.4) is 0 Å². The molecule has 3 heterocycles. The average Bonchev–Trinajstić information content (AvgIpc) is 3.10. The molecule has 12 heteroatoms. The lowest BCUT2D eigenvalue weighted by molar-refractivity contribution is -0.0487. The summed E-state index contributed by atoms with van der Waals surface area (Å²) >= 11 is 0. The summed E-state index contributed by atoms with van der Waals surface area (Å²) in [6.07, 6.45) is -2.06. The molecule has 6 N–H and O–H groups in total. The molecular weight excluding hydrogens is 341 g/mol. The van der Waals surface area contributed by atoms with Gasteiger partial charge in [0, 0.05) is 0 Å². The molecule has 0 aromatic carbocycles. The summed E-state index contributed by atoms with van der Waals surface area (Å²) in [5, 5.41) is 20.3. The van der Waals surface area contributed by atoms with Gasteiger partial charge >= 0.3 is 0 Å². The van der Waals surface area contributed by atoms with Gasteiger partial charge in [-0.05, 0) is 0 Å². The van der Waals surface area contributed by atoms with Crippen LogP contribution in [0, 0.1) is 0 Å². The van der Waals surface area contributed by atoms with Crippen molar-refractivity contribution in [3.63, 3.8) is 0 Å². The van der Waals surface area contributed by atoms with E-state index in [1.807, 2.05) is 5.45 Å². The first-order valence-corrected chi connectivity index (χ1v) is 8.43. The Hall–Kier alpha value is -1.81. The molecule has 0 bridgehead atoms. The van der Waals surface area contributed by atoms with Gasteiger partial charge in [0.05, 0.1) is 12.9 Å². The Morgan fingerprint density at radius 2 is 2.08 bits per heavy atom. The molecule has 0 saturated carbocycles. The highest BCUT2D eigenvalue weighted by Crippen LogP contribution is 2.39. The molecule has 0 spiro atoms. The van der Waals surface area contributed by atoms with Crippen LogP contribution in [0.15, 0.2) is 19.2 Å². The summed E-state index contributed by atoms with van der Waals surface area (Å²) in [6.45, 7) is 2.74. The maximum absolute atomic E-state index is 10.2. The van der Waals surface area contributed by atoms with Crippen LogP contribution in [0.25, 0.3) is 11.2 Å². The van der Waals surface area contributed by atoms with Crippen LogP contribution in [0.5, 0.6) is 0 Å². The number of nitrogen functional groups attached to an aromatic ring is 1. The molecule has 1 aliphatic heterocycles. The quantitative estimate of drug-likeness (QED) is 0.401. The van der Waals surface area contributed by atoms with Crippen molar-refractivity contribution < 1.29 is 29.3 Å². The van der Waals surface area contributed by atoms with Crippen LogP contribution >= 0.6 is 7.57 Å². The zero-order valence-electron chi connectivity index (χ0n) is 12.3. The Morgan fingerprint density at radius 1 is 1.33 bits per heavy atom. The number of aliphatic hydroxyl groups excluding tert-OH is 2. The van der Waals surface area contributed by atoms with Gasteiger partial charge in [0.2, 0.25) is 0 Å². The molecule has 0 radical (unpaired) electrons. The van der Waals surface area contributed by atoms with E-state index in [2.05, 4.69) is 21.5 Å². The van der Waals surface area contributed by atoms with Gasteiger partial charge < -0.3 is 35.0 Å². The first-order valence-electron chi connectivity index (χ1n) is 6.82. The highest BCUT2D eigenvalue weighted by Gasteiger charge is 2.44. The van der Waals surface area contributed by atoms with E-state index in [0.29, 0.717) is 11.2 Å². The van der Waals surface area contributed by atoms with Gasteiger partial charge in [0.15, 0.2) is 17.7 Å². The van der Waals surface area contributed by atoms with Crippen molar-refractivity contribution in [1.82, 2.24) is 19.5 Å². The molecule has 1 aliphatic rings. The van der Waals surface area contributed by atoms with Crippen LogP contribution in [0.1, 0.15) is 6.23 Å². The van der Waals surface area contributed by atoms with Crippen LogP contribution in [-0.2, 0) is 9.26 Å². The third kappa shape index (κ3) is 2.95. The summed E-state index contributed by atoms with van der Waals surface area (Å²) in [6, 6.07) is 0. The van der Waals surface area contributed by atoms with Gasteiger partial charge in [-0.1, -0.05) is 12.0 Å². The zero-order valence-corrected chi connectivity index (χ0v) is 13.2. The lowest BCUT2D eigenvalue weighted by Crippen LogP contribution is -2.33. The number of anilines is 1. The molecule has 24 heavy (non-hydrogen) atoms. The Bertz CT molecular complexity index is 830. The third-order valence-corrected chi connectivity index (χ3v) is 4.54. The van der Waals surface area contributed by atoms with Crippen molar-refractivity contribution in [2.45, 2.75) is 24.5 Å². The van der Waals surface area contributed by atoms with E-state index in [-0.39, 0.29) is 12.4 Å². The molecule has 2 aromatic rings. The van der Waals surface area contributed by atoms with E-state index >= 15 is 0 Å². The number of nitrogens with two attached hydrogens (primary N) is 1. The van der Waals surface area contributed by atoms with E-state index in [1.165, 1.54) is 17.2 Å². The summed E-state index contributed by atoms with van der Waals surface area (Å²) < 4.78 is 11.8. The molecule has 130 valence electrons. The third-order valence-electron chi connectivity index (χ3n) is 3.62. The van der Waals surface area contributed by atoms with Gasteiger partial charge in [-0.25, -0.2) is 15.0 Å². The summed E-state index contributed by atoms with van der Waals surface area (Å²) in [7, 11) is -3.84. The molecule has 0 aliphatic carbocycles. The van der Waals surface area contributed by atoms with Gasteiger partial charge in [-0.15, -0.1) is 0 Å². The number of hydrogen-bond donors (Lipinski definition) is 5. The van der Waals surface area contributed by atoms with Crippen molar-refractivity contribution >= 4 is 30.0 Å². The predicted octanol–water partition coefficient (Wildman–Crippen LogP) is -1.62. The predicted molar refractivity (Wildman–Crippen MR) is 83.6 cm³/mol. The standard InChI is InChI=1S/C12H16N5O6P/c1-2-24(20,21)22-3-6-8(18)9(19)12(23-6)17-5-16-7-10(13)14-4-15-11(7)17/h4-6,8-9,12,18-21H,1,3H2,(H2,13,14,15)/t6-,8?,9?,12-/m1/s1. The van der Waals surface area contributed by atoms with Gasteiger partial charge in [0.1, 0.15) is 30.2 Å². The lowest BCUT2D eigenvalue weighted by Gasteiger charge is -2.17. The maximum Gasteiger partial charge on any atom is 0.298 e. The van der Waals surface area contributed by atoms with E-state index in [9.17, 15) is 20.0 Å². The number of rotatable bonds is 4. The second kappa shape index (κ2) is 6.25. The number of aliphatic hydroxyl groups is 2. The van der Waals surface area contributed by atoms with Crippen LogP contribution in [-0.4, -0.2) is 69.9 Å². The summed E-state index contributed by atoms with van der Waals surface area (Å²) in [4.78, 5) is 30.7. The van der Waals surface area contributed by atoms with Gasteiger partial charge in [-0.3, -0.25) is 4.57 Å². The van der Waals surface area contributed by atoms with Crippen molar-refractivity contribution in [2.24, 2.45) is 0 Å². The number of aromatic nitrogens is 4. The fraction of sp³-hybridized carbons (Fsp3) is 0.417. The van der Waals surface area contributed by atoms with E-state index in [0.717, 1.165) is 0 Å². The molecular formula is C12H16N5O6P. The molecule has 4 atom stereocenters. The SMILES string of the molecule is C=C=P(O)(O)OC[C@H]1O[C@@H](n2cnc3c(N)ncnc32)C(O)C1O. The van der Waals surface area contributed by atoms with Gasteiger partial charge in [0.25, 0.3) is 7.57 Å². The van der Waals surface area contributed by atoms with Crippen LogP contribution in [0.4, 0.5) is 5.82 Å². The number of ether oxygens (including phenoxy) is 1. The highest BCUT2D eigenvalue weighted by atomic mass is 31.2. The molecule has 1 fully saturated rings. The Morgan fingerprint density at radius 3 is 2.79 bits per heavy atom. The first-order chi connectivity index (χ1) is 11.3. The van der Waals surface area contributed by atoms with Crippen molar-refractivity contribution in [3.05, 3.63) is 19.2 Å². The largest absolute Gasteiger partial charge is 0.387 e. The van der Waals surface area contributed by atoms with E-state index in [4.69, 9.17) is 15.0 Å². The minimum absolute atomic E-state index is 0.170. The molecule has 1 saturated heterocycles. The number of hydrogen-bond acceptors (Lipinski definition) is 10. The first kappa shape index (κ1) is 17.0. The fourth-order valence-electron chi connectivity index (χ4n) is 2.38. The summed E-state index contributed by atoms with van der Waals surface area (Å²) in [5.41, 5.74) is 8.33. The van der Waals surface area contributed by atoms with Gasteiger partial charge in [-0.2, -0.15) is 0 Å². The van der Waals surface area contributed by atoms with Crippen molar-refractivity contribution in [1.29, 1.82) is 0 Å². The van der Waals surface area contributed by atoms with E-state index < -0.39 is 32.1 Å². The van der Waals surface area contributed by atoms with Crippen molar-refractivity contribution in [2.75, 3.05) is 12.3 Å². The topological polar surface area (TPSA) is 169 Å². The molecule has 0 amide bonds. The Kier molecular flexibility index (Phi) is 4.43. The summed E-state index contributed by atoms with van der Waals surface area (Å²) in [5.74, 6) is 0.170. The number of nitrogens with zero attached hydrogens (tertiary/aromatic N) is 4. The number of imidazole rings is 1. The molecule has 2 aromatic heterocycles. The van der Waals surface area contributed by atoms with Crippen LogP contribution < -0.4 is 5.73 Å². The smallest absolute Gasteiger partial charge is 0.298 e. The Labute approximate surface area is 135 Å². The normalized spacial score (nSPS) is 27.5. The van der Waals surface area contributed by atoms with Crippen LogP contribution in [0.2, 0.25) is 0 Å². The fourth-order valence-corrected chi connectivity index (χ4v) is 2.82. The Balaban J connectivity index is 1.84. The monoisotopic (exact) mass is 357 g/mol. The average molecular weight is 357 g/mol. The minimum atomic E-state index is -3.84. The second-order valence-electron chi connectivity index (χ2n) is 5.13.